The molecule has 0 spiro atoms. The molecule has 1 aromatic heterocycles. The van der Waals surface area contributed by atoms with Crippen molar-refractivity contribution < 1.29 is 9.47 Å². The summed E-state index contributed by atoms with van der Waals surface area (Å²) in [5.74, 6) is 4.73. The molecule has 0 unspecified atom stereocenters. The van der Waals surface area contributed by atoms with Crippen molar-refractivity contribution in [3.8, 4) is 23.0 Å². The van der Waals surface area contributed by atoms with Crippen LogP contribution in [0.15, 0.2) is 36.5 Å². The van der Waals surface area contributed by atoms with Crippen LogP contribution in [0.1, 0.15) is 11.1 Å². The Morgan fingerprint density at radius 3 is 2.55 bits per heavy atom. The van der Waals surface area contributed by atoms with Gasteiger partial charge in [-0.2, -0.15) is 0 Å². The second-order valence-corrected chi connectivity index (χ2v) is 10.7. The summed E-state index contributed by atoms with van der Waals surface area (Å²) in [6.45, 7) is 7.10. The van der Waals surface area contributed by atoms with Crippen LogP contribution in [-0.4, -0.2) is 20.2 Å². The highest BCUT2D eigenvalue weighted by Gasteiger charge is 2.09. The Hall–Kier alpha value is -2.25. The lowest BCUT2D eigenvalue weighted by molar-refractivity contribution is 0.304. The fourth-order valence-electron chi connectivity index (χ4n) is 1.69. The first-order chi connectivity index (χ1) is 10.5. The van der Waals surface area contributed by atoms with Gasteiger partial charge in [-0.25, -0.2) is 0 Å². The predicted octanol–water partition coefficient (Wildman–Crippen LogP) is 3.70. The highest BCUT2D eigenvalue weighted by molar-refractivity contribution is 6.83. The predicted molar refractivity (Wildman–Crippen MR) is 90.6 cm³/mol. The van der Waals surface area contributed by atoms with Gasteiger partial charge in [0.2, 0.25) is 0 Å². The van der Waals surface area contributed by atoms with Crippen molar-refractivity contribution in [1.29, 1.82) is 0 Å². The minimum Gasteiger partial charge on any atom is -0.497 e. The van der Waals surface area contributed by atoms with Gasteiger partial charge in [-0.1, -0.05) is 37.7 Å². The van der Waals surface area contributed by atoms with Gasteiger partial charge in [0.1, 0.15) is 20.4 Å². The van der Waals surface area contributed by atoms with E-state index in [9.17, 15) is 0 Å². The summed E-state index contributed by atoms with van der Waals surface area (Å²) in [4.78, 5) is 4.00. The molecule has 1 aromatic carbocycles. The number of hydrogen-bond acceptors (Lipinski definition) is 3. The van der Waals surface area contributed by atoms with Gasteiger partial charge in [-0.15, -0.1) is 5.54 Å². The van der Waals surface area contributed by atoms with Crippen molar-refractivity contribution >= 4 is 8.07 Å². The molecule has 0 bridgehead atoms. The van der Waals surface area contributed by atoms with Crippen molar-refractivity contribution in [3.05, 3.63) is 53.9 Å². The number of benzene rings is 1. The third kappa shape index (κ3) is 4.94. The SMILES string of the molecule is COc1ccc(COc2cn[c]cc2C#C[Si](C)(C)C)cc1. The number of hydrogen-bond donors (Lipinski definition) is 0. The molecule has 0 amide bonds. The van der Waals surface area contributed by atoms with Crippen molar-refractivity contribution in [2.24, 2.45) is 0 Å². The zero-order valence-corrected chi connectivity index (χ0v) is 14.4. The second-order valence-electron chi connectivity index (χ2n) is 5.95. The summed E-state index contributed by atoms with van der Waals surface area (Å²) < 4.78 is 11.0. The molecule has 0 saturated heterocycles. The Bertz CT molecular complexity index is 679. The van der Waals surface area contributed by atoms with E-state index >= 15 is 0 Å². The lowest BCUT2D eigenvalue weighted by Gasteiger charge is -2.09. The Balaban J connectivity index is 2.10. The summed E-state index contributed by atoms with van der Waals surface area (Å²) in [7, 11) is 0.229. The molecule has 1 radical (unpaired) electrons. The minimum absolute atomic E-state index is 0.470. The lowest BCUT2D eigenvalue weighted by atomic mass is 10.2. The van der Waals surface area contributed by atoms with E-state index in [1.165, 1.54) is 0 Å². The van der Waals surface area contributed by atoms with Crippen LogP contribution >= 0.6 is 0 Å². The first-order valence-electron chi connectivity index (χ1n) is 7.13. The van der Waals surface area contributed by atoms with Crippen molar-refractivity contribution in [1.82, 2.24) is 4.98 Å². The molecule has 4 heteroatoms. The zero-order chi connectivity index (χ0) is 16.0. The molecule has 22 heavy (non-hydrogen) atoms. The molecule has 2 rings (SSSR count). The largest absolute Gasteiger partial charge is 0.497 e. The molecular formula is C18H20NO2Si. The molecule has 1 heterocycles. The molecule has 0 atom stereocenters. The quantitative estimate of drug-likeness (QED) is 0.637. The first-order valence-corrected chi connectivity index (χ1v) is 10.6. The fourth-order valence-corrected chi connectivity index (χ4v) is 2.20. The normalized spacial score (nSPS) is 10.5. The summed E-state index contributed by atoms with van der Waals surface area (Å²) in [6, 6.07) is 9.57. The average molecular weight is 310 g/mol. The van der Waals surface area contributed by atoms with Gasteiger partial charge in [-0.3, -0.25) is 4.98 Å². The van der Waals surface area contributed by atoms with Crippen LogP contribution in [0.4, 0.5) is 0 Å². The van der Waals surface area contributed by atoms with Crippen molar-refractivity contribution in [2.45, 2.75) is 26.2 Å². The van der Waals surface area contributed by atoms with Gasteiger partial charge < -0.3 is 9.47 Å². The van der Waals surface area contributed by atoms with Crippen molar-refractivity contribution in [3.63, 3.8) is 0 Å². The van der Waals surface area contributed by atoms with Gasteiger partial charge >= 0.3 is 0 Å². The summed E-state index contributed by atoms with van der Waals surface area (Å²) in [6.07, 6.45) is 4.48. The monoisotopic (exact) mass is 310 g/mol. The Morgan fingerprint density at radius 2 is 1.91 bits per heavy atom. The van der Waals surface area contributed by atoms with E-state index < -0.39 is 8.07 Å². The molecule has 0 aliphatic heterocycles. The minimum atomic E-state index is -1.43. The van der Waals surface area contributed by atoms with Crippen LogP contribution in [0.3, 0.4) is 0 Å². The van der Waals surface area contributed by atoms with Crippen molar-refractivity contribution in [2.75, 3.05) is 7.11 Å². The molecule has 0 fully saturated rings. The third-order valence-corrected chi connectivity index (χ3v) is 3.73. The van der Waals surface area contributed by atoms with Gasteiger partial charge in [0, 0.05) is 0 Å². The second kappa shape index (κ2) is 7.14. The van der Waals surface area contributed by atoms with E-state index in [4.69, 9.17) is 9.47 Å². The topological polar surface area (TPSA) is 31.4 Å². The smallest absolute Gasteiger partial charge is 0.153 e. The van der Waals surface area contributed by atoms with Crippen LogP contribution in [0.2, 0.25) is 19.6 Å². The van der Waals surface area contributed by atoms with Crippen LogP contribution in [0.5, 0.6) is 11.5 Å². The highest BCUT2D eigenvalue weighted by atomic mass is 28.3. The number of methoxy groups -OCH3 is 1. The van der Waals surface area contributed by atoms with E-state index in [0.717, 1.165) is 16.9 Å². The van der Waals surface area contributed by atoms with E-state index in [0.29, 0.717) is 12.4 Å². The molecular weight excluding hydrogens is 290 g/mol. The summed E-state index contributed by atoms with van der Waals surface area (Å²) >= 11 is 0. The molecule has 0 saturated carbocycles. The maximum absolute atomic E-state index is 5.85. The molecule has 0 aliphatic rings. The van der Waals surface area contributed by atoms with Gasteiger partial charge in [0.05, 0.1) is 25.1 Å². The third-order valence-electron chi connectivity index (χ3n) is 2.86. The average Bonchev–Trinajstić information content (AvgIpc) is 2.51. The van der Waals surface area contributed by atoms with Gasteiger partial charge in [0.15, 0.2) is 5.75 Å². The number of nitrogens with zero attached hydrogens (tertiary/aromatic N) is 1. The highest BCUT2D eigenvalue weighted by Crippen LogP contribution is 2.18. The Morgan fingerprint density at radius 1 is 1.18 bits per heavy atom. The van der Waals surface area contributed by atoms with Gasteiger partial charge in [0.25, 0.3) is 0 Å². The molecule has 3 nitrogen and oxygen atoms in total. The fraction of sp³-hybridized carbons (Fsp3) is 0.278. The van der Waals surface area contributed by atoms with E-state index in [1.54, 1.807) is 19.4 Å². The Kier molecular flexibility index (Phi) is 5.24. The molecule has 113 valence electrons. The standard InChI is InChI=1S/C18H20NO2Si/c1-20-17-7-5-15(6-8-17)14-21-18-13-19-11-9-16(18)10-12-22(2,3)4/h5-9,13H,14H2,1-4H3. The molecule has 0 N–H and O–H groups in total. The van der Waals surface area contributed by atoms with Crippen LogP contribution in [0, 0.1) is 17.7 Å². The maximum atomic E-state index is 5.85. The summed E-state index contributed by atoms with van der Waals surface area (Å²) in [5, 5.41) is 0. The summed E-state index contributed by atoms with van der Waals surface area (Å²) in [5.41, 5.74) is 5.24. The number of ether oxygens (including phenoxy) is 2. The van der Waals surface area contributed by atoms with E-state index in [-0.39, 0.29) is 0 Å². The van der Waals surface area contributed by atoms with E-state index in [2.05, 4.69) is 42.3 Å². The Labute approximate surface area is 133 Å². The van der Waals surface area contributed by atoms with Gasteiger partial charge in [-0.05, 0) is 23.8 Å². The molecule has 2 aromatic rings. The van der Waals surface area contributed by atoms with Crippen LogP contribution in [0.25, 0.3) is 0 Å². The lowest BCUT2D eigenvalue weighted by Crippen LogP contribution is -2.16. The zero-order valence-electron chi connectivity index (χ0n) is 13.4. The van der Waals surface area contributed by atoms with Crippen LogP contribution < -0.4 is 9.47 Å². The number of pyridine rings is 1. The van der Waals surface area contributed by atoms with Crippen LogP contribution in [-0.2, 0) is 6.61 Å². The van der Waals surface area contributed by atoms with E-state index in [1.807, 2.05) is 24.3 Å². The molecule has 0 aliphatic carbocycles. The first kappa shape index (κ1) is 16.1. The number of aromatic nitrogens is 1. The number of rotatable bonds is 4. The maximum Gasteiger partial charge on any atom is 0.153 e.